The fraction of sp³-hybridized carbons (Fsp3) is 0.435. The van der Waals surface area contributed by atoms with E-state index in [-0.39, 0.29) is 16.7 Å². The third-order valence-electron chi connectivity index (χ3n) is 5.53. The van der Waals surface area contributed by atoms with Gasteiger partial charge in [-0.3, -0.25) is 4.79 Å². The Kier molecular flexibility index (Phi) is 7.60. The van der Waals surface area contributed by atoms with Crippen molar-refractivity contribution in [2.24, 2.45) is 11.8 Å². The summed E-state index contributed by atoms with van der Waals surface area (Å²) in [4.78, 5) is 13.2. The highest BCUT2D eigenvalue weighted by atomic mass is 32.2. The van der Waals surface area contributed by atoms with Gasteiger partial charge in [0.25, 0.3) is 0 Å². The second kappa shape index (κ2) is 9.98. The zero-order valence-electron chi connectivity index (χ0n) is 17.8. The second-order valence-electron chi connectivity index (χ2n) is 8.04. The number of nitrogens with one attached hydrogen (secondary N) is 1. The quantitative estimate of drug-likeness (QED) is 0.629. The molecule has 2 aromatic rings. The number of amides is 1. The van der Waals surface area contributed by atoms with Gasteiger partial charge in [0.2, 0.25) is 15.9 Å². The van der Waals surface area contributed by atoms with Crippen molar-refractivity contribution in [1.29, 1.82) is 0 Å². The first-order chi connectivity index (χ1) is 14.3. The van der Waals surface area contributed by atoms with Gasteiger partial charge in [0.05, 0.1) is 10.6 Å². The van der Waals surface area contributed by atoms with Crippen LogP contribution in [0.4, 0.5) is 5.69 Å². The molecule has 1 amide bonds. The van der Waals surface area contributed by atoms with Crippen molar-refractivity contribution >= 4 is 33.4 Å². The zero-order valence-corrected chi connectivity index (χ0v) is 19.4. The van der Waals surface area contributed by atoms with Crippen LogP contribution < -0.4 is 5.32 Å². The lowest BCUT2D eigenvalue weighted by molar-refractivity contribution is -0.118. The van der Waals surface area contributed by atoms with E-state index in [0.29, 0.717) is 24.7 Å². The molecular formula is C23H30N2O3S2. The van der Waals surface area contributed by atoms with Crippen molar-refractivity contribution < 1.29 is 13.2 Å². The fourth-order valence-electron chi connectivity index (χ4n) is 3.67. The molecule has 0 aromatic heterocycles. The van der Waals surface area contributed by atoms with Crippen LogP contribution in [0.25, 0.3) is 0 Å². The summed E-state index contributed by atoms with van der Waals surface area (Å²) >= 11 is 1.48. The van der Waals surface area contributed by atoms with Gasteiger partial charge < -0.3 is 5.32 Å². The molecular weight excluding hydrogens is 416 g/mol. The number of thioether (sulfide) groups is 1. The molecule has 1 aliphatic heterocycles. The van der Waals surface area contributed by atoms with E-state index in [1.54, 1.807) is 22.5 Å². The van der Waals surface area contributed by atoms with Gasteiger partial charge in [-0.05, 0) is 55.2 Å². The van der Waals surface area contributed by atoms with E-state index in [9.17, 15) is 13.2 Å². The Morgan fingerprint density at radius 2 is 1.80 bits per heavy atom. The lowest BCUT2D eigenvalue weighted by Crippen LogP contribution is -2.38. The van der Waals surface area contributed by atoms with Crippen LogP contribution in [0.15, 0.2) is 58.3 Å². The monoisotopic (exact) mass is 446 g/mol. The molecule has 0 atom stereocenters. The summed E-state index contributed by atoms with van der Waals surface area (Å²) < 4.78 is 28.0. The Morgan fingerprint density at radius 3 is 2.40 bits per heavy atom. The Morgan fingerprint density at radius 1 is 1.13 bits per heavy atom. The molecule has 7 heteroatoms. The van der Waals surface area contributed by atoms with Crippen molar-refractivity contribution in [2.75, 3.05) is 24.7 Å². The normalized spacial score (nSPS) is 16.0. The first kappa shape index (κ1) is 22.8. The molecule has 0 saturated carbocycles. The van der Waals surface area contributed by atoms with Gasteiger partial charge >= 0.3 is 0 Å². The first-order valence-electron chi connectivity index (χ1n) is 10.3. The third-order valence-corrected chi connectivity index (χ3v) is 8.22. The molecule has 1 N–H and O–H groups in total. The van der Waals surface area contributed by atoms with Crippen molar-refractivity contribution in [3.05, 3.63) is 54.1 Å². The standard InChI is InChI=1S/C23H30N2O3S2/c1-17(2)23(26)24-21-16-20(9-10-22(21)29-3)30(27,28)25-13-11-19(12-14-25)15-18-7-5-4-6-8-18/h4-10,16-17,19H,11-15H2,1-3H3,(H,24,26). The molecule has 1 heterocycles. The number of rotatable bonds is 7. The van der Waals surface area contributed by atoms with Gasteiger partial charge in [-0.1, -0.05) is 44.2 Å². The zero-order chi connectivity index (χ0) is 21.7. The van der Waals surface area contributed by atoms with E-state index in [1.165, 1.54) is 17.3 Å². The maximum absolute atomic E-state index is 13.2. The van der Waals surface area contributed by atoms with Crippen molar-refractivity contribution in [3.8, 4) is 0 Å². The number of carbonyl (C=O) groups excluding carboxylic acids is 1. The first-order valence-corrected chi connectivity index (χ1v) is 13.0. The van der Waals surface area contributed by atoms with Gasteiger partial charge in [0.15, 0.2) is 0 Å². The van der Waals surface area contributed by atoms with Crippen LogP contribution in [0.2, 0.25) is 0 Å². The van der Waals surface area contributed by atoms with E-state index in [0.717, 1.165) is 24.2 Å². The van der Waals surface area contributed by atoms with Crippen LogP contribution >= 0.6 is 11.8 Å². The highest BCUT2D eigenvalue weighted by Crippen LogP contribution is 2.31. The van der Waals surface area contributed by atoms with Gasteiger partial charge in [-0.25, -0.2) is 8.42 Å². The van der Waals surface area contributed by atoms with E-state index < -0.39 is 10.0 Å². The van der Waals surface area contributed by atoms with Gasteiger partial charge in [-0.2, -0.15) is 4.31 Å². The molecule has 0 unspecified atom stereocenters. The third kappa shape index (κ3) is 5.45. The number of piperidine rings is 1. The number of anilines is 1. The molecule has 1 fully saturated rings. The number of hydrogen-bond acceptors (Lipinski definition) is 4. The average molecular weight is 447 g/mol. The summed E-state index contributed by atoms with van der Waals surface area (Å²) in [5, 5.41) is 2.87. The Balaban J connectivity index is 1.71. The summed E-state index contributed by atoms with van der Waals surface area (Å²) in [6.07, 6.45) is 4.61. The molecule has 0 bridgehead atoms. The Hall–Kier alpha value is -1.83. The minimum atomic E-state index is -3.59. The molecule has 5 nitrogen and oxygen atoms in total. The average Bonchev–Trinajstić information content (AvgIpc) is 2.74. The summed E-state index contributed by atoms with van der Waals surface area (Å²) in [5.74, 6) is 0.198. The van der Waals surface area contributed by atoms with Crippen LogP contribution in [0.3, 0.4) is 0 Å². The van der Waals surface area contributed by atoms with Crippen molar-refractivity contribution in [1.82, 2.24) is 4.31 Å². The molecule has 0 aliphatic carbocycles. The molecule has 0 radical (unpaired) electrons. The minimum absolute atomic E-state index is 0.124. The number of hydrogen-bond donors (Lipinski definition) is 1. The summed E-state index contributed by atoms with van der Waals surface area (Å²) in [5.41, 5.74) is 1.86. The molecule has 1 saturated heterocycles. The maximum atomic E-state index is 13.2. The SMILES string of the molecule is CSc1ccc(S(=O)(=O)N2CCC(Cc3ccccc3)CC2)cc1NC(=O)C(C)C. The molecule has 30 heavy (non-hydrogen) atoms. The molecule has 1 aliphatic rings. The van der Waals surface area contributed by atoms with Crippen LogP contribution in [-0.2, 0) is 21.2 Å². The predicted molar refractivity (Wildman–Crippen MR) is 123 cm³/mol. The highest BCUT2D eigenvalue weighted by Gasteiger charge is 2.30. The van der Waals surface area contributed by atoms with Crippen LogP contribution in [0.5, 0.6) is 0 Å². The summed E-state index contributed by atoms with van der Waals surface area (Å²) in [6, 6.07) is 15.4. The van der Waals surface area contributed by atoms with E-state index >= 15 is 0 Å². The number of benzene rings is 2. The van der Waals surface area contributed by atoms with Crippen molar-refractivity contribution in [2.45, 2.75) is 42.9 Å². The van der Waals surface area contributed by atoms with E-state index in [4.69, 9.17) is 0 Å². The topological polar surface area (TPSA) is 66.5 Å². The molecule has 2 aromatic carbocycles. The Bertz CT molecular complexity index is 967. The van der Waals surface area contributed by atoms with Crippen molar-refractivity contribution in [3.63, 3.8) is 0 Å². The second-order valence-corrected chi connectivity index (χ2v) is 10.8. The number of nitrogens with zero attached hydrogens (tertiary/aromatic N) is 1. The van der Waals surface area contributed by atoms with Crippen LogP contribution in [0.1, 0.15) is 32.3 Å². The largest absolute Gasteiger partial charge is 0.325 e. The van der Waals surface area contributed by atoms with Crippen LogP contribution in [-0.4, -0.2) is 38.0 Å². The van der Waals surface area contributed by atoms with Crippen LogP contribution in [0, 0.1) is 11.8 Å². The number of sulfonamides is 1. The molecule has 0 spiro atoms. The molecule has 162 valence electrons. The minimum Gasteiger partial charge on any atom is -0.325 e. The maximum Gasteiger partial charge on any atom is 0.243 e. The predicted octanol–water partition coefficient (Wildman–Crippen LogP) is 4.65. The van der Waals surface area contributed by atoms with Gasteiger partial charge in [-0.15, -0.1) is 11.8 Å². The molecule has 3 rings (SSSR count). The fourth-order valence-corrected chi connectivity index (χ4v) is 5.70. The smallest absolute Gasteiger partial charge is 0.243 e. The number of carbonyl (C=O) groups is 1. The summed E-state index contributed by atoms with van der Waals surface area (Å²) in [6.45, 7) is 4.68. The summed E-state index contributed by atoms with van der Waals surface area (Å²) in [7, 11) is -3.59. The Labute approximate surface area is 184 Å². The van der Waals surface area contributed by atoms with Gasteiger partial charge in [0, 0.05) is 23.9 Å². The highest BCUT2D eigenvalue weighted by molar-refractivity contribution is 7.98. The lowest BCUT2D eigenvalue weighted by atomic mass is 9.91. The van der Waals surface area contributed by atoms with Gasteiger partial charge in [0.1, 0.15) is 0 Å². The van der Waals surface area contributed by atoms with E-state index in [1.807, 2.05) is 38.3 Å². The lowest BCUT2D eigenvalue weighted by Gasteiger charge is -2.31. The van der Waals surface area contributed by atoms with E-state index in [2.05, 4.69) is 17.4 Å².